The van der Waals surface area contributed by atoms with E-state index in [2.05, 4.69) is 21.6 Å². The van der Waals surface area contributed by atoms with Crippen molar-refractivity contribution < 1.29 is 18.0 Å². The molecule has 4 aromatic heterocycles. The Hall–Kier alpha value is -3.71. The third-order valence-corrected chi connectivity index (χ3v) is 5.38. The molecule has 10 heteroatoms. The van der Waals surface area contributed by atoms with Gasteiger partial charge in [0.15, 0.2) is 5.76 Å². The van der Waals surface area contributed by atoms with Crippen molar-refractivity contribution in [3.05, 3.63) is 59.4 Å². The molecule has 0 saturated heterocycles. The number of rotatable bonds is 7. The van der Waals surface area contributed by atoms with Crippen molar-refractivity contribution >= 4 is 23.5 Å². The third kappa shape index (κ3) is 3.88. The zero-order valence-corrected chi connectivity index (χ0v) is 17.0. The normalized spacial score (nSPS) is 10.8. The quantitative estimate of drug-likeness (QED) is 0.443. The summed E-state index contributed by atoms with van der Waals surface area (Å²) < 4.78 is 18.0. The van der Waals surface area contributed by atoms with Crippen LogP contribution in [-0.4, -0.2) is 26.4 Å². The van der Waals surface area contributed by atoms with Gasteiger partial charge in [-0.3, -0.25) is 4.79 Å². The molecule has 0 aromatic carbocycles. The van der Waals surface area contributed by atoms with Crippen LogP contribution >= 0.6 is 11.8 Å². The third-order valence-electron chi connectivity index (χ3n) is 4.56. The Balaban J connectivity index is 1.47. The van der Waals surface area contributed by atoms with E-state index < -0.39 is 0 Å². The number of carbonyl (C=O) groups excluding carboxylic acids is 1. The first-order valence-corrected chi connectivity index (χ1v) is 9.97. The van der Waals surface area contributed by atoms with Crippen LogP contribution in [0, 0.1) is 25.2 Å². The number of aromatic nitrogens is 3. The lowest BCUT2D eigenvalue weighted by Crippen LogP contribution is -2.18. The molecule has 0 saturated carbocycles. The SMILES string of the molecule is Cc1c(C#N)c(NC(=O)CSc2nnc(-c3ccco3)o2)n(Cc2ccco2)c1C. The van der Waals surface area contributed by atoms with Crippen molar-refractivity contribution in [2.45, 2.75) is 25.6 Å². The Labute approximate surface area is 175 Å². The zero-order chi connectivity index (χ0) is 21.1. The van der Waals surface area contributed by atoms with E-state index in [0.29, 0.717) is 23.7 Å². The monoisotopic (exact) mass is 423 g/mol. The molecule has 0 aliphatic carbocycles. The predicted molar refractivity (Wildman–Crippen MR) is 108 cm³/mol. The minimum absolute atomic E-state index is 0.0364. The largest absolute Gasteiger partial charge is 0.467 e. The molecular formula is C20H17N5O4S. The number of thioether (sulfide) groups is 1. The summed E-state index contributed by atoms with van der Waals surface area (Å²) in [5, 5.41) is 20.5. The lowest BCUT2D eigenvalue weighted by Gasteiger charge is -2.11. The molecule has 0 bridgehead atoms. The van der Waals surface area contributed by atoms with Crippen LogP contribution in [0.4, 0.5) is 5.82 Å². The van der Waals surface area contributed by atoms with Gasteiger partial charge in [0, 0.05) is 5.69 Å². The van der Waals surface area contributed by atoms with Gasteiger partial charge < -0.3 is 23.1 Å². The summed E-state index contributed by atoms with van der Waals surface area (Å²) in [6.07, 6.45) is 3.09. The maximum Gasteiger partial charge on any atom is 0.284 e. The maximum atomic E-state index is 12.6. The van der Waals surface area contributed by atoms with E-state index in [9.17, 15) is 10.1 Å². The fourth-order valence-corrected chi connectivity index (χ4v) is 3.51. The van der Waals surface area contributed by atoms with Crippen molar-refractivity contribution in [1.82, 2.24) is 14.8 Å². The highest BCUT2D eigenvalue weighted by Gasteiger charge is 2.21. The molecule has 0 aliphatic rings. The Morgan fingerprint density at radius 2 is 2.03 bits per heavy atom. The molecule has 1 N–H and O–H groups in total. The molecule has 1 amide bonds. The molecule has 9 nitrogen and oxygen atoms in total. The molecule has 0 fully saturated rings. The summed E-state index contributed by atoms with van der Waals surface area (Å²) in [5.41, 5.74) is 2.12. The van der Waals surface area contributed by atoms with E-state index in [1.54, 1.807) is 24.5 Å². The van der Waals surface area contributed by atoms with Crippen molar-refractivity contribution in [1.29, 1.82) is 5.26 Å². The Morgan fingerprint density at radius 3 is 2.73 bits per heavy atom. The van der Waals surface area contributed by atoms with Gasteiger partial charge in [-0.15, -0.1) is 10.2 Å². The number of furan rings is 2. The second-order valence-corrected chi connectivity index (χ2v) is 7.33. The van der Waals surface area contributed by atoms with Gasteiger partial charge in [0.05, 0.1) is 30.4 Å². The van der Waals surface area contributed by atoms with Gasteiger partial charge in [-0.1, -0.05) is 11.8 Å². The predicted octanol–water partition coefficient (Wildman–Crippen LogP) is 3.99. The number of nitriles is 1. The second-order valence-electron chi connectivity index (χ2n) is 6.40. The van der Waals surface area contributed by atoms with E-state index in [1.165, 1.54) is 6.26 Å². The molecule has 0 atom stereocenters. The van der Waals surface area contributed by atoms with Crippen LogP contribution < -0.4 is 5.32 Å². The maximum absolute atomic E-state index is 12.6. The first-order chi connectivity index (χ1) is 14.6. The number of nitrogens with one attached hydrogen (secondary N) is 1. The average Bonchev–Trinajstić information content (AvgIpc) is 3.53. The summed E-state index contributed by atoms with van der Waals surface area (Å²) in [4.78, 5) is 12.6. The van der Waals surface area contributed by atoms with Crippen LogP contribution in [0.1, 0.15) is 22.6 Å². The Bertz CT molecular complexity index is 1200. The van der Waals surface area contributed by atoms with Gasteiger partial charge in [-0.05, 0) is 43.7 Å². The molecule has 4 heterocycles. The Kier molecular flexibility index (Phi) is 5.45. The minimum Gasteiger partial charge on any atom is -0.467 e. The lowest BCUT2D eigenvalue weighted by atomic mass is 10.2. The molecule has 30 heavy (non-hydrogen) atoms. The molecule has 0 spiro atoms. The van der Waals surface area contributed by atoms with E-state index in [0.717, 1.165) is 28.8 Å². The fourth-order valence-electron chi connectivity index (χ4n) is 2.95. The first kappa shape index (κ1) is 19.6. The minimum atomic E-state index is -0.299. The van der Waals surface area contributed by atoms with Crippen molar-refractivity contribution in [2.75, 3.05) is 11.1 Å². The first-order valence-electron chi connectivity index (χ1n) is 8.99. The molecule has 0 unspecified atom stereocenters. The lowest BCUT2D eigenvalue weighted by molar-refractivity contribution is -0.113. The zero-order valence-electron chi connectivity index (χ0n) is 16.2. The number of hydrogen-bond donors (Lipinski definition) is 1. The molecule has 152 valence electrons. The number of anilines is 1. The van der Waals surface area contributed by atoms with Crippen molar-refractivity contribution in [3.63, 3.8) is 0 Å². The van der Waals surface area contributed by atoms with E-state index in [4.69, 9.17) is 13.3 Å². The van der Waals surface area contributed by atoms with E-state index in [-0.39, 0.29) is 22.8 Å². The van der Waals surface area contributed by atoms with Gasteiger partial charge in [-0.25, -0.2) is 0 Å². The summed E-state index contributed by atoms with van der Waals surface area (Å²) in [5.74, 6) is 1.60. The van der Waals surface area contributed by atoms with Crippen LogP contribution in [0.25, 0.3) is 11.7 Å². The second kappa shape index (κ2) is 8.34. The van der Waals surface area contributed by atoms with Crippen LogP contribution in [-0.2, 0) is 11.3 Å². The molecule has 0 aliphatic heterocycles. The van der Waals surface area contributed by atoms with Crippen LogP contribution in [0.5, 0.6) is 0 Å². The molecular weight excluding hydrogens is 406 g/mol. The highest BCUT2D eigenvalue weighted by molar-refractivity contribution is 7.99. The van der Waals surface area contributed by atoms with E-state index >= 15 is 0 Å². The van der Waals surface area contributed by atoms with E-state index in [1.807, 2.05) is 24.5 Å². The van der Waals surface area contributed by atoms with Gasteiger partial charge in [0.2, 0.25) is 5.91 Å². The van der Waals surface area contributed by atoms with Crippen molar-refractivity contribution in [2.24, 2.45) is 0 Å². The summed E-state index contributed by atoms with van der Waals surface area (Å²) in [6, 6.07) is 9.24. The van der Waals surface area contributed by atoms with Crippen LogP contribution in [0.3, 0.4) is 0 Å². The van der Waals surface area contributed by atoms with Gasteiger partial charge >= 0.3 is 0 Å². The standard InChI is InChI=1S/C20H17N5O4S/c1-12-13(2)25(10-14-5-3-7-27-14)18(15(12)9-21)22-17(26)11-30-20-24-23-19(29-20)16-6-4-8-28-16/h3-8H,10-11H2,1-2H3,(H,22,26). The molecule has 4 rings (SSSR count). The van der Waals surface area contributed by atoms with Crippen LogP contribution in [0.2, 0.25) is 0 Å². The summed E-state index contributed by atoms with van der Waals surface area (Å²) in [6.45, 7) is 4.16. The van der Waals surface area contributed by atoms with Gasteiger partial charge in [-0.2, -0.15) is 5.26 Å². The summed E-state index contributed by atoms with van der Waals surface area (Å²) >= 11 is 1.10. The highest BCUT2D eigenvalue weighted by Crippen LogP contribution is 2.28. The smallest absolute Gasteiger partial charge is 0.284 e. The number of hydrogen-bond acceptors (Lipinski definition) is 8. The molecule has 4 aromatic rings. The van der Waals surface area contributed by atoms with Crippen molar-refractivity contribution in [3.8, 4) is 17.7 Å². The van der Waals surface area contributed by atoms with Gasteiger partial charge in [0.25, 0.3) is 11.1 Å². The topological polar surface area (TPSA) is 123 Å². The van der Waals surface area contributed by atoms with Gasteiger partial charge in [0.1, 0.15) is 17.6 Å². The number of nitrogens with zero attached hydrogens (tertiary/aromatic N) is 4. The highest BCUT2D eigenvalue weighted by atomic mass is 32.2. The fraction of sp³-hybridized carbons (Fsp3) is 0.200. The number of amides is 1. The van der Waals surface area contributed by atoms with Crippen LogP contribution in [0.15, 0.2) is 55.3 Å². The Morgan fingerprint density at radius 1 is 1.23 bits per heavy atom. The number of carbonyl (C=O) groups is 1. The summed E-state index contributed by atoms with van der Waals surface area (Å²) in [7, 11) is 0. The average molecular weight is 423 g/mol. The molecule has 0 radical (unpaired) electrons.